The summed E-state index contributed by atoms with van der Waals surface area (Å²) in [4.78, 5) is 35.2. The zero-order valence-electron chi connectivity index (χ0n) is 18.1. The van der Waals surface area contributed by atoms with Crippen molar-refractivity contribution in [2.24, 2.45) is 16.3 Å². The summed E-state index contributed by atoms with van der Waals surface area (Å²) in [5.74, 6) is -0.329. The summed E-state index contributed by atoms with van der Waals surface area (Å²) in [6, 6.07) is 3.79. The van der Waals surface area contributed by atoms with Crippen LogP contribution in [0.1, 0.15) is 68.2 Å². The van der Waals surface area contributed by atoms with Gasteiger partial charge in [0, 0.05) is 40.3 Å². The van der Waals surface area contributed by atoms with Crippen LogP contribution in [0.2, 0.25) is 0 Å². The monoisotopic (exact) mass is 483 g/mol. The summed E-state index contributed by atoms with van der Waals surface area (Å²) in [5.41, 5.74) is 2.51. The zero-order chi connectivity index (χ0) is 22.3. The van der Waals surface area contributed by atoms with Crippen molar-refractivity contribution in [1.82, 2.24) is 20.5 Å². The van der Waals surface area contributed by atoms with Crippen LogP contribution in [0.5, 0.6) is 0 Å². The number of hydrogen-bond donors (Lipinski definition) is 2. The van der Waals surface area contributed by atoms with Crippen LogP contribution in [-0.4, -0.2) is 38.6 Å². The molecule has 0 radical (unpaired) electrons. The summed E-state index contributed by atoms with van der Waals surface area (Å²) >= 11 is 3.39. The van der Waals surface area contributed by atoms with Crippen molar-refractivity contribution in [2.75, 3.05) is 0 Å². The first-order valence-corrected chi connectivity index (χ1v) is 11.2. The molecule has 1 fully saturated rings. The van der Waals surface area contributed by atoms with Gasteiger partial charge in [-0.15, -0.1) is 0 Å². The molecule has 2 unspecified atom stereocenters. The second kappa shape index (κ2) is 8.15. The van der Waals surface area contributed by atoms with Gasteiger partial charge in [-0.2, -0.15) is 5.10 Å². The highest BCUT2D eigenvalue weighted by molar-refractivity contribution is 9.10. The Kier molecular flexibility index (Phi) is 5.68. The van der Waals surface area contributed by atoms with E-state index in [9.17, 15) is 9.59 Å². The summed E-state index contributed by atoms with van der Waals surface area (Å²) in [6.45, 7) is 7.98. The minimum absolute atomic E-state index is 0.0211. The lowest BCUT2D eigenvalue weighted by molar-refractivity contribution is -0.124. The molecule has 2 aliphatic rings. The number of hydrogen-bond acceptors (Lipinski definition) is 5. The Hall–Kier alpha value is -2.61. The summed E-state index contributed by atoms with van der Waals surface area (Å²) in [5, 5.41) is 10.1. The summed E-state index contributed by atoms with van der Waals surface area (Å²) in [6.07, 6.45) is 6.80. The quantitative estimate of drug-likeness (QED) is 0.663. The largest absolute Gasteiger partial charge is 0.349 e. The number of allylic oxidation sites excluding steroid dienone is 1. The van der Waals surface area contributed by atoms with Crippen LogP contribution in [0.3, 0.4) is 0 Å². The Morgan fingerprint density at radius 1 is 1.32 bits per heavy atom. The van der Waals surface area contributed by atoms with Crippen molar-refractivity contribution in [3.8, 4) is 0 Å². The fraction of sp³-hybridized carbons (Fsp3) is 0.435. The summed E-state index contributed by atoms with van der Waals surface area (Å²) < 4.78 is 0.895. The van der Waals surface area contributed by atoms with Gasteiger partial charge < -0.3 is 5.32 Å². The SMILES string of the molecule is CC(C)NC(=O)c1[nH]nc2c1C(/C=C/c1ccc(Br)cn1)C1C(=O)CC(C)(C)CC1=N2. The van der Waals surface area contributed by atoms with E-state index in [4.69, 9.17) is 4.99 Å². The van der Waals surface area contributed by atoms with Gasteiger partial charge in [-0.25, -0.2) is 4.99 Å². The van der Waals surface area contributed by atoms with E-state index in [1.54, 1.807) is 6.20 Å². The van der Waals surface area contributed by atoms with Crippen LogP contribution >= 0.6 is 15.9 Å². The van der Waals surface area contributed by atoms with Crippen molar-refractivity contribution >= 4 is 45.2 Å². The number of amides is 1. The standard InChI is InChI=1S/C23H26BrN5O2/c1-12(2)26-22(31)20-19-15(8-7-14-6-5-13(24)11-25-14)18-16(27-21(19)29-28-20)9-23(3,4)10-17(18)30/h5-8,11-12,15,18H,9-10H2,1-4H3,(H,26,31)(H,28,29)/b8-7+. The molecule has 1 aliphatic carbocycles. The maximum atomic E-state index is 13.2. The highest BCUT2D eigenvalue weighted by atomic mass is 79.9. The third-order valence-corrected chi connectivity index (χ3v) is 6.08. The number of nitrogens with zero attached hydrogens (tertiary/aromatic N) is 3. The van der Waals surface area contributed by atoms with Crippen molar-refractivity contribution in [2.45, 2.75) is 52.5 Å². The van der Waals surface area contributed by atoms with Crippen LogP contribution in [0.25, 0.3) is 6.08 Å². The Bertz CT molecular complexity index is 1080. The second-order valence-corrected chi connectivity index (χ2v) is 10.2. The van der Waals surface area contributed by atoms with Crippen molar-refractivity contribution in [1.29, 1.82) is 0 Å². The predicted molar refractivity (Wildman–Crippen MR) is 124 cm³/mol. The molecule has 8 heteroatoms. The fourth-order valence-corrected chi connectivity index (χ4v) is 4.63. The maximum absolute atomic E-state index is 13.2. The Morgan fingerprint density at radius 2 is 2.10 bits per heavy atom. The number of ketones is 1. The number of carbonyl (C=O) groups excluding carboxylic acids is 2. The van der Waals surface area contributed by atoms with Gasteiger partial charge >= 0.3 is 0 Å². The molecule has 0 aromatic carbocycles. The number of fused-ring (bicyclic) bond motifs is 2. The molecule has 1 aliphatic heterocycles. The molecule has 0 saturated heterocycles. The van der Waals surface area contributed by atoms with Crippen LogP contribution in [0.4, 0.5) is 5.82 Å². The van der Waals surface area contributed by atoms with E-state index in [2.05, 4.69) is 50.3 Å². The fourth-order valence-electron chi connectivity index (χ4n) is 4.39. The average molecular weight is 484 g/mol. The van der Waals surface area contributed by atoms with Gasteiger partial charge in [0.05, 0.1) is 11.6 Å². The molecule has 0 spiro atoms. The first-order valence-electron chi connectivity index (χ1n) is 10.4. The minimum Gasteiger partial charge on any atom is -0.349 e. The van der Waals surface area contributed by atoms with E-state index in [1.807, 2.05) is 38.1 Å². The molecule has 2 N–H and O–H groups in total. The van der Waals surface area contributed by atoms with Crippen molar-refractivity contribution in [3.63, 3.8) is 0 Å². The number of nitrogens with one attached hydrogen (secondary N) is 2. The lowest BCUT2D eigenvalue weighted by Crippen LogP contribution is -2.42. The smallest absolute Gasteiger partial charge is 0.269 e. The molecular formula is C23H26BrN5O2. The van der Waals surface area contributed by atoms with Crippen LogP contribution in [-0.2, 0) is 4.79 Å². The Morgan fingerprint density at radius 3 is 2.77 bits per heavy atom. The minimum atomic E-state index is -0.393. The number of aliphatic imine (C=N–C) groups is 1. The van der Waals surface area contributed by atoms with Gasteiger partial charge in [-0.1, -0.05) is 19.9 Å². The lowest BCUT2D eigenvalue weighted by Gasteiger charge is -2.39. The number of halogens is 1. The number of aromatic nitrogens is 3. The third kappa shape index (κ3) is 4.39. The normalized spacial score (nSPS) is 22.3. The molecule has 2 aromatic heterocycles. The second-order valence-electron chi connectivity index (χ2n) is 9.32. The molecule has 4 rings (SSSR count). The van der Waals surface area contributed by atoms with Crippen LogP contribution in [0, 0.1) is 11.3 Å². The van der Waals surface area contributed by atoms with Crippen LogP contribution in [0.15, 0.2) is 33.9 Å². The van der Waals surface area contributed by atoms with E-state index in [0.717, 1.165) is 22.3 Å². The van der Waals surface area contributed by atoms with E-state index in [-0.39, 0.29) is 29.1 Å². The molecule has 2 aromatic rings. The molecule has 1 saturated carbocycles. The van der Waals surface area contributed by atoms with Gasteiger partial charge in [0.2, 0.25) is 0 Å². The molecule has 1 amide bonds. The maximum Gasteiger partial charge on any atom is 0.269 e. The topological polar surface area (TPSA) is 100 Å². The first-order chi connectivity index (χ1) is 14.6. The van der Waals surface area contributed by atoms with Crippen molar-refractivity contribution in [3.05, 3.63) is 45.8 Å². The molecule has 0 bridgehead atoms. The summed E-state index contributed by atoms with van der Waals surface area (Å²) in [7, 11) is 0. The average Bonchev–Trinajstić information content (AvgIpc) is 3.09. The lowest BCUT2D eigenvalue weighted by atomic mass is 9.65. The van der Waals surface area contributed by atoms with E-state index < -0.39 is 5.92 Å². The number of Topliss-reactive ketones (excluding diaryl/α,β-unsaturated/α-hetero) is 1. The number of H-pyrrole nitrogens is 1. The van der Waals surface area contributed by atoms with Gasteiger partial charge in [0.15, 0.2) is 5.82 Å². The van der Waals surface area contributed by atoms with Gasteiger partial charge in [0.25, 0.3) is 5.91 Å². The Labute approximate surface area is 190 Å². The first kappa shape index (κ1) is 21.6. The van der Waals surface area contributed by atoms with Crippen LogP contribution < -0.4 is 5.32 Å². The number of aromatic amines is 1. The molecule has 7 nitrogen and oxygen atoms in total. The number of rotatable bonds is 4. The van der Waals surface area contributed by atoms with Gasteiger partial charge in [0.1, 0.15) is 11.5 Å². The highest BCUT2D eigenvalue weighted by Crippen LogP contribution is 2.47. The molecule has 3 heterocycles. The number of carbonyl (C=O) groups is 2. The van der Waals surface area contributed by atoms with E-state index >= 15 is 0 Å². The van der Waals surface area contributed by atoms with E-state index in [1.165, 1.54) is 0 Å². The van der Waals surface area contributed by atoms with Crippen molar-refractivity contribution < 1.29 is 9.59 Å². The molecule has 2 atom stereocenters. The zero-order valence-corrected chi connectivity index (χ0v) is 19.7. The van der Waals surface area contributed by atoms with Gasteiger partial charge in [-0.3, -0.25) is 19.7 Å². The Balaban J connectivity index is 1.80. The molecule has 162 valence electrons. The predicted octanol–water partition coefficient (Wildman–Crippen LogP) is 4.59. The van der Waals surface area contributed by atoms with E-state index in [0.29, 0.717) is 23.5 Å². The highest BCUT2D eigenvalue weighted by Gasteiger charge is 2.46. The molecule has 31 heavy (non-hydrogen) atoms. The number of pyridine rings is 1. The van der Waals surface area contributed by atoms with Gasteiger partial charge in [-0.05, 0) is 59.8 Å². The molecular weight excluding hydrogens is 458 g/mol. The third-order valence-electron chi connectivity index (χ3n) is 5.62.